The van der Waals surface area contributed by atoms with Gasteiger partial charge in [-0.25, -0.2) is 4.98 Å². The maximum atomic E-state index is 5.77. The van der Waals surface area contributed by atoms with Crippen LogP contribution in [0.25, 0.3) is 0 Å². The SMILES string of the molecule is CCN(CC(C)C)C(C)c1nc(CCl)cs1. The molecule has 0 bridgehead atoms. The predicted octanol–water partition coefficient (Wildman–Crippen LogP) is 3.92. The van der Waals surface area contributed by atoms with Crippen LogP contribution >= 0.6 is 22.9 Å². The highest BCUT2D eigenvalue weighted by molar-refractivity contribution is 7.09. The quantitative estimate of drug-likeness (QED) is 0.721. The number of nitrogens with zero attached hydrogens (tertiary/aromatic N) is 2. The molecule has 0 amide bonds. The van der Waals surface area contributed by atoms with Crippen molar-refractivity contribution in [2.24, 2.45) is 5.92 Å². The molecule has 1 rings (SSSR count). The van der Waals surface area contributed by atoms with E-state index in [1.807, 2.05) is 0 Å². The summed E-state index contributed by atoms with van der Waals surface area (Å²) >= 11 is 7.49. The van der Waals surface area contributed by atoms with Crippen LogP contribution in [0.3, 0.4) is 0 Å². The van der Waals surface area contributed by atoms with E-state index in [9.17, 15) is 0 Å². The van der Waals surface area contributed by atoms with Gasteiger partial charge in [-0.1, -0.05) is 20.8 Å². The number of hydrogen-bond acceptors (Lipinski definition) is 3. The zero-order valence-corrected chi connectivity index (χ0v) is 12.1. The minimum Gasteiger partial charge on any atom is -0.294 e. The van der Waals surface area contributed by atoms with Crippen molar-refractivity contribution in [2.75, 3.05) is 13.1 Å². The van der Waals surface area contributed by atoms with Crippen LogP contribution in [-0.2, 0) is 5.88 Å². The maximum absolute atomic E-state index is 5.77. The molecule has 0 aliphatic rings. The van der Waals surface area contributed by atoms with Crippen molar-refractivity contribution in [1.82, 2.24) is 9.88 Å². The van der Waals surface area contributed by atoms with Crippen molar-refractivity contribution in [3.63, 3.8) is 0 Å². The molecule has 0 aliphatic carbocycles. The van der Waals surface area contributed by atoms with Crippen molar-refractivity contribution in [2.45, 2.75) is 39.6 Å². The van der Waals surface area contributed by atoms with Crippen LogP contribution in [0.15, 0.2) is 5.38 Å². The van der Waals surface area contributed by atoms with Gasteiger partial charge in [-0.05, 0) is 19.4 Å². The van der Waals surface area contributed by atoms with Gasteiger partial charge in [0, 0.05) is 11.9 Å². The van der Waals surface area contributed by atoms with Gasteiger partial charge in [0.1, 0.15) is 5.01 Å². The predicted molar refractivity (Wildman–Crippen MR) is 72.2 cm³/mol. The second-order valence-corrected chi connectivity index (χ2v) is 5.63. The highest BCUT2D eigenvalue weighted by Crippen LogP contribution is 2.24. The number of thiazole rings is 1. The topological polar surface area (TPSA) is 16.1 Å². The lowest BCUT2D eigenvalue weighted by Crippen LogP contribution is -2.30. The normalized spacial score (nSPS) is 13.7. The Kier molecular flexibility index (Phi) is 5.73. The molecule has 1 heterocycles. The molecule has 1 aromatic heterocycles. The van der Waals surface area contributed by atoms with Crippen molar-refractivity contribution in [3.8, 4) is 0 Å². The van der Waals surface area contributed by atoms with Crippen LogP contribution in [-0.4, -0.2) is 23.0 Å². The van der Waals surface area contributed by atoms with Crippen molar-refractivity contribution in [1.29, 1.82) is 0 Å². The molecule has 0 saturated carbocycles. The van der Waals surface area contributed by atoms with E-state index in [1.54, 1.807) is 11.3 Å². The number of halogens is 1. The van der Waals surface area contributed by atoms with Gasteiger partial charge >= 0.3 is 0 Å². The second kappa shape index (κ2) is 6.58. The second-order valence-electron chi connectivity index (χ2n) is 4.47. The van der Waals surface area contributed by atoms with E-state index >= 15 is 0 Å². The molecule has 0 radical (unpaired) electrons. The summed E-state index contributed by atoms with van der Waals surface area (Å²) in [6.45, 7) is 11.1. The minimum absolute atomic E-state index is 0.398. The zero-order valence-electron chi connectivity index (χ0n) is 10.5. The molecule has 2 nitrogen and oxygen atoms in total. The average molecular weight is 261 g/mol. The molecule has 0 saturated heterocycles. The van der Waals surface area contributed by atoms with E-state index in [-0.39, 0.29) is 0 Å². The fourth-order valence-corrected chi connectivity index (χ4v) is 2.90. The van der Waals surface area contributed by atoms with Crippen LogP contribution in [0.1, 0.15) is 44.4 Å². The van der Waals surface area contributed by atoms with E-state index < -0.39 is 0 Å². The fraction of sp³-hybridized carbons (Fsp3) is 0.750. The Morgan fingerprint density at radius 1 is 1.44 bits per heavy atom. The summed E-state index contributed by atoms with van der Waals surface area (Å²) in [7, 11) is 0. The maximum Gasteiger partial charge on any atom is 0.110 e. The van der Waals surface area contributed by atoms with Gasteiger partial charge in [0.05, 0.1) is 17.6 Å². The molecule has 0 N–H and O–H groups in total. The summed E-state index contributed by atoms with van der Waals surface area (Å²) in [4.78, 5) is 7.01. The van der Waals surface area contributed by atoms with Gasteiger partial charge in [0.15, 0.2) is 0 Å². The first-order chi connectivity index (χ1) is 7.58. The lowest BCUT2D eigenvalue weighted by Gasteiger charge is -2.27. The zero-order chi connectivity index (χ0) is 12.1. The molecule has 0 aromatic carbocycles. The van der Waals surface area contributed by atoms with Crippen LogP contribution in [0.4, 0.5) is 0 Å². The summed E-state index contributed by atoms with van der Waals surface area (Å²) in [5, 5.41) is 3.24. The Labute approximate surface area is 108 Å². The molecule has 0 fully saturated rings. The van der Waals surface area contributed by atoms with Gasteiger partial charge < -0.3 is 0 Å². The Bertz CT molecular complexity index is 312. The summed E-state index contributed by atoms with van der Waals surface area (Å²) < 4.78 is 0. The minimum atomic E-state index is 0.398. The Balaban J connectivity index is 2.70. The summed E-state index contributed by atoms with van der Waals surface area (Å²) in [6.07, 6.45) is 0. The standard InChI is InChI=1S/C12H21ClN2S/c1-5-15(7-9(2)3)10(4)12-14-11(6-13)8-16-12/h8-10H,5-7H2,1-4H3. The van der Waals surface area contributed by atoms with Gasteiger partial charge in [-0.2, -0.15) is 0 Å². The third-order valence-electron chi connectivity index (χ3n) is 2.62. The molecular formula is C12H21ClN2S. The molecule has 1 unspecified atom stereocenters. The van der Waals surface area contributed by atoms with E-state index in [4.69, 9.17) is 11.6 Å². The number of hydrogen-bond donors (Lipinski definition) is 0. The first-order valence-electron chi connectivity index (χ1n) is 5.82. The fourth-order valence-electron chi connectivity index (χ4n) is 1.76. The summed E-state index contributed by atoms with van der Waals surface area (Å²) in [5.74, 6) is 1.20. The molecule has 0 aliphatic heterocycles. The van der Waals surface area contributed by atoms with Crippen LogP contribution in [0.2, 0.25) is 0 Å². The van der Waals surface area contributed by atoms with Crippen molar-refractivity contribution < 1.29 is 0 Å². The first-order valence-corrected chi connectivity index (χ1v) is 7.24. The Morgan fingerprint density at radius 2 is 2.12 bits per heavy atom. The molecule has 1 aromatic rings. The lowest BCUT2D eigenvalue weighted by atomic mass is 10.2. The molecule has 1 atom stereocenters. The van der Waals surface area contributed by atoms with Crippen molar-refractivity contribution in [3.05, 3.63) is 16.1 Å². The van der Waals surface area contributed by atoms with Gasteiger partial charge in [-0.3, -0.25) is 4.90 Å². The number of alkyl halides is 1. The smallest absolute Gasteiger partial charge is 0.110 e. The highest BCUT2D eigenvalue weighted by atomic mass is 35.5. The monoisotopic (exact) mass is 260 g/mol. The highest BCUT2D eigenvalue weighted by Gasteiger charge is 2.18. The van der Waals surface area contributed by atoms with Gasteiger partial charge in [0.25, 0.3) is 0 Å². The Morgan fingerprint density at radius 3 is 2.56 bits per heavy atom. The molecule has 4 heteroatoms. The van der Waals surface area contributed by atoms with Crippen molar-refractivity contribution >= 4 is 22.9 Å². The molecule has 92 valence electrons. The Hall–Kier alpha value is -0.120. The van der Waals surface area contributed by atoms with E-state index in [0.29, 0.717) is 17.8 Å². The van der Waals surface area contributed by atoms with Crippen LogP contribution in [0.5, 0.6) is 0 Å². The van der Waals surface area contributed by atoms with Crippen LogP contribution < -0.4 is 0 Å². The van der Waals surface area contributed by atoms with E-state index in [1.165, 1.54) is 5.01 Å². The third-order valence-corrected chi connectivity index (χ3v) is 3.96. The number of rotatable bonds is 6. The lowest BCUT2D eigenvalue weighted by molar-refractivity contribution is 0.197. The molecule has 0 spiro atoms. The van der Waals surface area contributed by atoms with Gasteiger partial charge in [0.2, 0.25) is 0 Å². The van der Waals surface area contributed by atoms with E-state index in [2.05, 4.69) is 43.0 Å². The number of aromatic nitrogens is 1. The third kappa shape index (κ3) is 3.72. The summed E-state index contributed by atoms with van der Waals surface area (Å²) in [5.41, 5.74) is 0.995. The van der Waals surface area contributed by atoms with E-state index in [0.717, 1.165) is 18.8 Å². The average Bonchev–Trinajstić information content (AvgIpc) is 2.73. The largest absolute Gasteiger partial charge is 0.294 e. The molecule has 16 heavy (non-hydrogen) atoms. The van der Waals surface area contributed by atoms with Gasteiger partial charge in [-0.15, -0.1) is 22.9 Å². The first kappa shape index (κ1) is 13.9. The molecular weight excluding hydrogens is 240 g/mol. The summed E-state index contributed by atoms with van der Waals surface area (Å²) in [6, 6.07) is 0.398. The van der Waals surface area contributed by atoms with Crippen LogP contribution in [0, 0.1) is 5.92 Å².